The minimum atomic E-state index is 0.221. The minimum Gasteiger partial charge on any atom is -0.454 e. The molecule has 0 bridgehead atoms. The number of fused-ring (bicyclic) bond motifs is 1. The summed E-state index contributed by atoms with van der Waals surface area (Å²) in [6.07, 6.45) is 0. The third-order valence-corrected chi connectivity index (χ3v) is 3.72. The zero-order valence-electron chi connectivity index (χ0n) is 11.1. The predicted octanol–water partition coefficient (Wildman–Crippen LogP) is 3.37. The second-order valence-corrected chi connectivity index (χ2v) is 5.34. The molecule has 0 saturated carbocycles. The minimum absolute atomic E-state index is 0.221. The molecule has 0 amide bonds. The van der Waals surface area contributed by atoms with Gasteiger partial charge in [-0.2, -0.15) is 5.10 Å². The first-order chi connectivity index (χ1) is 10.7. The Labute approximate surface area is 135 Å². The molecule has 0 atom stereocenters. The molecule has 0 saturated heterocycles. The van der Waals surface area contributed by atoms with E-state index in [1.165, 1.54) is 0 Å². The van der Waals surface area contributed by atoms with Gasteiger partial charge in [-0.05, 0) is 36.5 Å². The Kier molecular flexibility index (Phi) is 3.09. The molecule has 0 radical (unpaired) electrons. The van der Waals surface area contributed by atoms with Crippen LogP contribution in [-0.4, -0.2) is 26.5 Å². The summed E-state index contributed by atoms with van der Waals surface area (Å²) >= 11 is 11.3. The lowest BCUT2D eigenvalue weighted by Gasteiger charge is -2.07. The number of aromatic nitrogens is 4. The summed E-state index contributed by atoms with van der Waals surface area (Å²) in [6, 6.07) is 10.9. The van der Waals surface area contributed by atoms with Gasteiger partial charge in [-0.3, -0.25) is 9.67 Å². The summed E-state index contributed by atoms with van der Waals surface area (Å²) in [7, 11) is 0. The van der Waals surface area contributed by atoms with Gasteiger partial charge < -0.3 is 9.47 Å². The number of nitrogens with zero attached hydrogens (tertiary/aromatic N) is 3. The molecule has 0 spiro atoms. The fourth-order valence-electron chi connectivity index (χ4n) is 2.27. The highest BCUT2D eigenvalue weighted by atomic mass is 35.5. The van der Waals surface area contributed by atoms with Crippen molar-refractivity contribution in [3.05, 3.63) is 46.3 Å². The van der Waals surface area contributed by atoms with Crippen molar-refractivity contribution in [2.75, 3.05) is 6.79 Å². The third kappa shape index (κ3) is 2.15. The predicted molar refractivity (Wildman–Crippen MR) is 83.1 cm³/mol. The Bertz CT molecular complexity index is 921. The van der Waals surface area contributed by atoms with E-state index in [1.807, 2.05) is 30.3 Å². The van der Waals surface area contributed by atoms with Crippen molar-refractivity contribution in [2.45, 2.75) is 0 Å². The number of nitrogens with one attached hydrogen (secondary N) is 1. The van der Waals surface area contributed by atoms with Gasteiger partial charge in [0, 0.05) is 6.07 Å². The van der Waals surface area contributed by atoms with E-state index in [0.717, 1.165) is 5.69 Å². The van der Waals surface area contributed by atoms with E-state index in [1.54, 1.807) is 10.6 Å². The number of benzene rings is 1. The highest BCUT2D eigenvalue weighted by Gasteiger charge is 2.17. The third-order valence-electron chi connectivity index (χ3n) is 3.23. The van der Waals surface area contributed by atoms with Crippen molar-refractivity contribution >= 4 is 23.8 Å². The van der Waals surface area contributed by atoms with Gasteiger partial charge in [0.05, 0.1) is 5.69 Å². The van der Waals surface area contributed by atoms with Crippen molar-refractivity contribution < 1.29 is 9.47 Å². The maximum Gasteiger partial charge on any atom is 0.231 e. The van der Waals surface area contributed by atoms with Crippen LogP contribution in [0.3, 0.4) is 0 Å². The smallest absolute Gasteiger partial charge is 0.231 e. The first-order valence-electron chi connectivity index (χ1n) is 6.43. The molecule has 22 heavy (non-hydrogen) atoms. The van der Waals surface area contributed by atoms with Crippen LogP contribution in [0.15, 0.2) is 36.4 Å². The molecule has 4 rings (SSSR count). The molecule has 3 heterocycles. The summed E-state index contributed by atoms with van der Waals surface area (Å²) in [4.78, 5) is 4.28. The molecule has 0 aliphatic carbocycles. The number of ether oxygens (including phenoxy) is 2. The van der Waals surface area contributed by atoms with Crippen LogP contribution >= 0.6 is 23.8 Å². The molecule has 0 fully saturated rings. The number of hydrogen-bond acceptors (Lipinski definition) is 5. The van der Waals surface area contributed by atoms with Crippen LogP contribution in [0, 0.1) is 4.77 Å². The molecule has 8 heteroatoms. The van der Waals surface area contributed by atoms with E-state index >= 15 is 0 Å². The quantitative estimate of drug-likeness (QED) is 0.575. The lowest BCUT2D eigenvalue weighted by Crippen LogP contribution is -1.99. The SMILES string of the molecule is S=c1[nH]nc(-c2cccc(Cl)n2)n1-c1ccc2c(c1)OCO2. The van der Waals surface area contributed by atoms with Crippen LogP contribution in [0.1, 0.15) is 0 Å². The molecule has 0 unspecified atom stereocenters. The van der Waals surface area contributed by atoms with E-state index in [9.17, 15) is 0 Å². The summed E-state index contributed by atoms with van der Waals surface area (Å²) < 4.78 is 13.0. The van der Waals surface area contributed by atoms with Gasteiger partial charge in [-0.25, -0.2) is 4.98 Å². The topological polar surface area (TPSA) is 65.0 Å². The zero-order chi connectivity index (χ0) is 15.1. The van der Waals surface area contributed by atoms with Gasteiger partial charge >= 0.3 is 0 Å². The highest BCUT2D eigenvalue weighted by Crippen LogP contribution is 2.34. The molecule has 1 aromatic carbocycles. The average molecular weight is 333 g/mol. The Morgan fingerprint density at radius 1 is 1.18 bits per heavy atom. The van der Waals surface area contributed by atoms with Gasteiger partial charge in [-0.15, -0.1) is 0 Å². The standard InChI is InChI=1S/C14H9ClN4O2S/c15-12-3-1-2-9(16-12)13-17-18-14(22)19(13)8-4-5-10-11(6-8)21-7-20-10/h1-6H,7H2,(H,18,22). The summed E-state index contributed by atoms with van der Waals surface area (Å²) in [5, 5.41) is 7.42. The normalized spacial score (nSPS) is 12.6. The summed E-state index contributed by atoms with van der Waals surface area (Å²) in [5.74, 6) is 1.96. The van der Waals surface area contributed by atoms with E-state index in [2.05, 4.69) is 15.2 Å². The lowest BCUT2D eigenvalue weighted by atomic mass is 10.2. The lowest BCUT2D eigenvalue weighted by molar-refractivity contribution is 0.174. The monoisotopic (exact) mass is 332 g/mol. The number of pyridine rings is 1. The molecule has 2 aromatic heterocycles. The van der Waals surface area contributed by atoms with Gasteiger partial charge in [-0.1, -0.05) is 17.7 Å². The molecule has 6 nitrogen and oxygen atoms in total. The van der Waals surface area contributed by atoms with E-state index in [-0.39, 0.29) is 6.79 Å². The van der Waals surface area contributed by atoms with Crippen molar-refractivity contribution in [1.29, 1.82) is 0 Å². The van der Waals surface area contributed by atoms with E-state index in [4.69, 9.17) is 33.3 Å². The van der Waals surface area contributed by atoms with Crippen LogP contribution < -0.4 is 9.47 Å². The fourth-order valence-corrected chi connectivity index (χ4v) is 2.67. The largest absolute Gasteiger partial charge is 0.454 e. The van der Waals surface area contributed by atoms with Crippen molar-refractivity contribution in [1.82, 2.24) is 19.7 Å². The highest BCUT2D eigenvalue weighted by molar-refractivity contribution is 7.71. The molecule has 110 valence electrons. The maximum absolute atomic E-state index is 5.96. The molecular formula is C14H9ClN4O2S. The molecule has 1 aliphatic rings. The van der Waals surface area contributed by atoms with Gasteiger partial charge in [0.25, 0.3) is 0 Å². The van der Waals surface area contributed by atoms with Crippen LogP contribution in [-0.2, 0) is 0 Å². The Morgan fingerprint density at radius 2 is 2.05 bits per heavy atom. The number of rotatable bonds is 2. The zero-order valence-corrected chi connectivity index (χ0v) is 12.7. The fraction of sp³-hybridized carbons (Fsp3) is 0.0714. The van der Waals surface area contributed by atoms with E-state index in [0.29, 0.717) is 32.9 Å². The summed E-state index contributed by atoms with van der Waals surface area (Å²) in [6.45, 7) is 0.221. The van der Waals surface area contributed by atoms with Crippen LogP contribution in [0.2, 0.25) is 5.15 Å². The van der Waals surface area contributed by atoms with Gasteiger partial charge in [0.1, 0.15) is 10.8 Å². The number of hydrogen-bond donors (Lipinski definition) is 1. The molecule has 1 aliphatic heterocycles. The Hall–Kier alpha value is -2.38. The van der Waals surface area contributed by atoms with Crippen molar-refractivity contribution in [2.24, 2.45) is 0 Å². The van der Waals surface area contributed by atoms with Crippen LogP contribution in [0.25, 0.3) is 17.2 Å². The second-order valence-electron chi connectivity index (χ2n) is 4.57. The first-order valence-corrected chi connectivity index (χ1v) is 7.21. The van der Waals surface area contributed by atoms with Crippen molar-refractivity contribution in [3.63, 3.8) is 0 Å². The number of aromatic amines is 1. The Balaban J connectivity index is 1.89. The maximum atomic E-state index is 5.96. The summed E-state index contributed by atoms with van der Waals surface area (Å²) in [5.41, 5.74) is 1.43. The second kappa shape index (κ2) is 5.11. The number of halogens is 1. The molecule has 3 aromatic rings. The van der Waals surface area contributed by atoms with Gasteiger partial charge in [0.2, 0.25) is 6.79 Å². The molecule has 1 N–H and O–H groups in total. The average Bonchev–Trinajstić information content (AvgIpc) is 3.12. The molecular weight excluding hydrogens is 324 g/mol. The van der Waals surface area contributed by atoms with Crippen molar-refractivity contribution in [3.8, 4) is 28.7 Å². The first kappa shape index (κ1) is 13.3. The van der Waals surface area contributed by atoms with E-state index < -0.39 is 0 Å². The van der Waals surface area contributed by atoms with Gasteiger partial charge in [0.15, 0.2) is 22.1 Å². The Morgan fingerprint density at radius 3 is 2.91 bits per heavy atom. The van der Waals surface area contributed by atoms with Crippen LogP contribution in [0.5, 0.6) is 11.5 Å². The van der Waals surface area contributed by atoms with Crippen LogP contribution in [0.4, 0.5) is 0 Å². The number of H-pyrrole nitrogens is 1.